The van der Waals surface area contributed by atoms with E-state index in [2.05, 4.69) is 5.32 Å². The van der Waals surface area contributed by atoms with Gasteiger partial charge in [-0.05, 0) is 30.5 Å². The molecule has 1 aliphatic rings. The van der Waals surface area contributed by atoms with Crippen LogP contribution in [0.1, 0.15) is 27.0 Å². The molecule has 1 aromatic carbocycles. The van der Waals surface area contributed by atoms with Crippen molar-refractivity contribution < 1.29 is 27.5 Å². The summed E-state index contributed by atoms with van der Waals surface area (Å²) >= 11 is 2.63. The number of carbonyl (C=O) groups is 3. The van der Waals surface area contributed by atoms with Crippen LogP contribution in [0, 0.1) is 0 Å². The number of rotatable bonds is 7. The highest BCUT2D eigenvalue weighted by molar-refractivity contribution is 7.99. The van der Waals surface area contributed by atoms with Crippen LogP contribution in [0.5, 0.6) is 0 Å². The molecule has 1 fully saturated rings. The molecule has 1 aromatic heterocycles. The molecule has 1 amide bonds. The highest BCUT2D eigenvalue weighted by Crippen LogP contribution is 2.27. The van der Waals surface area contributed by atoms with Gasteiger partial charge in [-0.2, -0.15) is 16.1 Å². The van der Waals surface area contributed by atoms with E-state index in [1.165, 1.54) is 22.7 Å². The number of esters is 1. The Bertz CT molecular complexity index is 1060. The number of amides is 1. The summed E-state index contributed by atoms with van der Waals surface area (Å²) in [4.78, 5) is 36.1. The quantitative estimate of drug-likeness (QED) is 0.491. The maximum absolute atomic E-state index is 12.9. The zero-order valence-corrected chi connectivity index (χ0v) is 18.6. The summed E-state index contributed by atoms with van der Waals surface area (Å²) in [6, 6.07) is 7.85. The number of ether oxygens (including phenoxy) is 1. The fourth-order valence-corrected chi connectivity index (χ4v) is 6.72. The number of nitrogens with one attached hydrogen (secondary N) is 1. The molecule has 1 aliphatic heterocycles. The molecule has 0 aliphatic carbocycles. The van der Waals surface area contributed by atoms with E-state index >= 15 is 0 Å². The standard InChI is InChI=1S/C19H20N2O6S3/c1-13(22)14-4-2-3-5-15(14)20-17(23)12-27-19(24)18-16(6-9-29-18)30(25,26)21-7-10-28-11-8-21/h2-6,9H,7-8,10-12H2,1H3,(H,20,23). The van der Waals surface area contributed by atoms with Crippen molar-refractivity contribution in [3.63, 3.8) is 0 Å². The maximum Gasteiger partial charge on any atom is 0.350 e. The normalized spacial score (nSPS) is 14.8. The molecule has 0 atom stereocenters. The Kier molecular flexibility index (Phi) is 7.29. The third-order valence-corrected chi connectivity index (χ3v) is 8.22. The third-order valence-electron chi connectivity index (χ3n) is 4.32. The minimum atomic E-state index is -3.81. The summed E-state index contributed by atoms with van der Waals surface area (Å²) in [6.45, 7) is 1.54. The molecule has 0 bridgehead atoms. The molecule has 0 saturated carbocycles. The minimum Gasteiger partial charge on any atom is -0.451 e. The summed E-state index contributed by atoms with van der Waals surface area (Å²) in [5.74, 6) is -0.334. The number of anilines is 1. The van der Waals surface area contributed by atoms with Gasteiger partial charge in [0.15, 0.2) is 12.4 Å². The molecule has 2 aromatic rings. The highest BCUT2D eigenvalue weighted by atomic mass is 32.2. The summed E-state index contributed by atoms with van der Waals surface area (Å²) in [7, 11) is -3.81. The lowest BCUT2D eigenvalue weighted by Gasteiger charge is -2.25. The van der Waals surface area contributed by atoms with Crippen LogP contribution in [0.2, 0.25) is 0 Å². The van der Waals surface area contributed by atoms with Gasteiger partial charge in [-0.15, -0.1) is 11.3 Å². The lowest BCUT2D eigenvalue weighted by molar-refractivity contribution is -0.119. The van der Waals surface area contributed by atoms with Crippen LogP contribution in [0.25, 0.3) is 0 Å². The Labute approximate surface area is 182 Å². The number of Topliss-reactive ketones (excluding diaryl/α,β-unsaturated/α-hetero) is 1. The summed E-state index contributed by atoms with van der Waals surface area (Å²) < 4.78 is 32.1. The number of hydrogen-bond donors (Lipinski definition) is 1. The van der Waals surface area contributed by atoms with E-state index in [1.807, 2.05) is 0 Å². The first-order chi connectivity index (χ1) is 14.3. The van der Waals surface area contributed by atoms with Crippen LogP contribution in [-0.2, 0) is 19.6 Å². The largest absolute Gasteiger partial charge is 0.451 e. The molecule has 0 unspecified atom stereocenters. The van der Waals surface area contributed by atoms with E-state index < -0.39 is 28.5 Å². The third kappa shape index (κ3) is 5.09. The Morgan fingerprint density at radius 1 is 1.13 bits per heavy atom. The van der Waals surface area contributed by atoms with Gasteiger partial charge in [0.2, 0.25) is 10.0 Å². The van der Waals surface area contributed by atoms with Crippen molar-refractivity contribution in [2.45, 2.75) is 11.8 Å². The first kappa shape index (κ1) is 22.5. The number of nitrogens with zero attached hydrogens (tertiary/aromatic N) is 1. The van der Waals surface area contributed by atoms with E-state index in [0.29, 0.717) is 35.8 Å². The molecule has 0 radical (unpaired) electrons. The lowest BCUT2D eigenvalue weighted by Crippen LogP contribution is -2.38. The van der Waals surface area contributed by atoms with Gasteiger partial charge >= 0.3 is 5.97 Å². The van der Waals surface area contributed by atoms with Gasteiger partial charge in [0.05, 0.1) is 5.69 Å². The Balaban J connectivity index is 1.66. The van der Waals surface area contributed by atoms with Crippen molar-refractivity contribution in [1.82, 2.24) is 4.31 Å². The van der Waals surface area contributed by atoms with E-state index in [1.54, 1.807) is 36.0 Å². The molecule has 8 nitrogen and oxygen atoms in total. The molecule has 2 heterocycles. The molecule has 1 N–H and O–H groups in total. The number of benzene rings is 1. The SMILES string of the molecule is CC(=O)c1ccccc1NC(=O)COC(=O)c1sccc1S(=O)(=O)N1CCSCC1. The number of carbonyl (C=O) groups excluding carboxylic acids is 3. The predicted molar refractivity (Wildman–Crippen MR) is 116 cm³/mol. The molecule has 11 heteroatoms. The topological polar surface area (TPSA) is 110 Å². The van der Waals surface area contributed by atoms with Gasteiger partial charge in [-0.1, -0.05) is 12.1 Å². The molecule has 0 spiro atoms. The average Bonchev–Trinajstić information content (AvgIpc) is 3.24. The van der Waals surface area contributed by atoms with Crippen molar-refractivity contribution in [3.8, 4) is 0 Å². The van der Waals surface area contributed by atoms with Gasteiger partial charge in [0, 0.05) is 30.2 Å². The van der Waals surface area contributed by atoms with Gasteiger partial charge < -0.3 is 10.1 Å². The van der Waals surface area contributed by atoms with Crippen molar-refractivity contribution in [2.24, 2.45) is 0 Å². The highest BCUT2D eigenvalue weighted by Gasteiger charge is 2.31. The van der Waals surface area contributed by atoms with Crippen LogP contribution in [0.4, 0.5) is 5.69 Å². The van der Waals surface area contributed by atoms with E-state index in [9.17, 15) is 22.8 Å². The summed E-state index contributed by atoms with van der Waals surface area (Å²) in [5, 5.41) is 4.03. The number of thioether (sulfide) groups is 1. The van der Waals surface area contributed by atoms with Gasteiger partial charge in [0.25, 0.3) is 5.91 Å². The second-order valence-corrected chi connectivity index (χ2v) is 10.4. The maximum atomic E-state index is 12.9. The summed E-state index contributed by atoms with van der Waals surface area (Å²) in [5.41, 5.74) is 0.650. The van der Waals surface area contributed by atoms with Crippen molar-refractivity contribution in [3.05, 3.63) is 46.2 Å². The van der Waals surface area contributed by atoms with Crippen LogP contribution >= 0.6 is 23.1 Å². The zero-order chi connectivity index (χ0) is 21.7. The molecular formula is C19H20N2O6S3. The molecule has 160 valence electrons. The monoisotopic (exact) mass is 468 g/mol. The van der Waals surface area contributed by atoms with Crippen molar-refractivity contribution in [1.29, 1.82) is 0 Å². The molecular weight excluding hydrogens is 448 g/mol. The Hall–Kier alpha value is -2.21. The van der Waals surface area contributed by atoms with E-state index in [-0.39, 0.29) is 15.6 Å². The first-order valence-electron chi connectivity index (χ1n) is 9.03. The number of sulfonamides is 1. The van der Waals surface area contributed by atoms with E-state index in [4.69, 9.17) is 4.74 Å². The van der Waals surface area contributed by atoms with Crippen LogP contribution in [-0.4, -0.2) is 61.6 Å². The summed E-state index contributed by atoms with van der Waals surface area (Å²) in [6.07, 6.45) is 0. The van der Waals surface area contributed by atoms with Gasteiger partial charge in [-0.25, -0.2) is 13.2 Å². The Morgan fingerprint density at radius 3 is 2.53 bits per heavy atom. The van der Waals surface area contributed by atoms with Crippen molar-refractivity contribution in [2.75, 3.05) is 36.5 Å². The smallest absolute Gasteiger partial charge is 0.350 e. The average molecular weight is 469 g/mol. The predicted octanol–water partition coefficient (Wildman–Crippen LogP) is 2.48. The molecule has 1 saturated heterocycles. The van der Waals surface area contributed by atoms with Gasteiger partial charge in [-0.3, -0.25) is 9.59 Å². The van der Waals surface area contributed by atoms with Crippen LogP contribution in [0.3, 0.4) is 0 Å². The fraction of sp³-hybridized carbons (Fsp3) is 0.316. The second-order valence-electron chi connectivity index (χ2n) is 6.36. The number of ketones is 1. The number of thiophene rings is 1. The van der Waals surface area contributed by atoms with Crippen LogP contribution < -0.4 is 5.32 Å². The Morgan fingerprint density at radius 2 is 1.83 bits per heavy atom. The zero-order valence-electron chi connectivity index (χ0n) is 16.1. The number of hydrogen-bond acceptors (Lipinski definition) is 8. The lowest BCUT2D eigenvalue weighted by atomic mass is 10.1. The van der Waals surface area contributed by atoms with E-state index in [0.717, 1.165) is 11.3 Å². The second kappa shape index (κ2) is 9.73. The number of para-hydroxylation sites is 1. The van der Waals surface area contributed by atoms with Crippen LogP contribution in [0.15, 0.2) is 40.6 Å². The van der Waals surface area contributed by atoms with Crippen molar-refractivity contribution >= 4 is 56.5 Å². The molecule has 3 rings (SSSR count). The van der Waals surface area contributed by atoms with Gasteiger partial charge in [0.1, 0.15) is 9.77 Å². The molecule has 30 heavy (non-hydrogen) atoms. The minimum absolute atomic E-state index is 0.0647. The first-order valence-corrected chi connectivity index (χ1v) is 12.5. The fourth-order valence-electron chi connectivity index (χ4n) is 2.86.